The molecule has 1 aliphatic heterocycles. The van der Waals surface area contributed by atoms with E-state index < -0.39 is 0 Å². The third kappa shape index (κ3) is 4.04. The van der Waals surface area contributed by atoms with E-state index in [-0.39, 0.29) is 0 Å². The van der Waals surface area contributed by atoms with Gasteiger partial charge in [-0.3, -0.25) is 5.10 Å². The molecule has 2 fully saturated rings. The van der Waals surface area contributed by atoms with Crippen molar-refractivity contribution < 1.29 is 4.74 Å². The second-order valence-corrected chi connectivity index (χ2v) is 6.68. The summed E-state index contributed by atoms with van der Waals surface area (Å²) in [5, 5.41) is 11.0. The highest BCUT2D eigenvalue weighted by Crippen LogP contribution is 2.29. The molecule has 1 saturated carbocycles. The molecule has 1 aromatic heterocycles. The van der Waals surface area contributed by atoms with Gasteiger partial charge in [0.05, 0.1) is 6.54 Å². The van der Waals surface area contributed by atoms with Crippen LogP contribution in [0, 0.1) is 11.8 Å². The molecule has 3 rings (SSSR count). The lowest BCUT2D eigenvalue weighted by Crippen LogP contribution is -2.29. The van der Waals surface area contributed by atoms with Gasteiger partial charge in [0.1, 0.15) is 5.82 Å². The van der Waals surface area contributed by atoms with Crippen LogP contribution in [0.3, 0.4) is 0 Å². The summed E-state index contributed by atoms with van der Waals surface area (Å²) in [4.78, 5) is 4.65. The van der Waals surface area contributed by atoms with E-state index >= 15 is 0 Å². The van der Waals surface area contributed by atoms with Crippen LogP contribution in [0.25, 0.3) is 0 Å². The molecule has 2 unspecified atom stereocenters. The molecule has 0 aromatic carbocycles. The number of aromatic amines is 1. The molecule has 2 heterocycles. The van der Waals surface area contributed by atoms with Crippen molar-refractivity contribution >= 4 is 0 Å². The second kappa shape index (κ2) is 7.36. The van der Waals surface area contributed by atoms with Crippen molar-refractivity contribution in [2.75, 3.05) is 19.8 Å². The predicted molar refractivity (Wildman–Crippen MR) is 82.0 cm³/mol. The zero-order chi connectivity index (χ0) is 14.5. The summed E-state index contributed by atoms with van der Waals surface area (Å²) < 4.78 is 5.39. The Hall–Kier alpha value is -0.940. The van der Waals surface area contributed by atoms with Gasteiger partial charge in [-0.2, -0.15) is 5.10 Å². The Kier molecular flexibility index (Phi) is 5.25. The van der Waals surface area contributed by atoms with Crippen LogP contribution in [0.5, 0.6) is 0 Å². The fraction of sp³-hybridized carbons (Fsp3) is 0.875. The van der Waals surface area contributed by atoms with Crippen LogP contribution < -0.4 is 5.32 Å². The molecule has 0 bridgehead atoms. The fourth-order valence-electron chi connectivity index (χ4n) is 3.60. The van der Waals surface area contributed by atoms with Crippen molar-refractivity contribution in [3.05, 3.63) is 11.6 Å². The van der Waals surface area contributed by atoms with E-state index in [1.54, 1.807) is 0 Å². The van der Waals surface area contributed by atoms with Crippen molar-refractivity contribution in [1.82, 2.24) is 20.5 Å². The molecule has 0 amide bonds. The monoisotopic (exact) mass is 292 g/mol. The molecule has 2 atom stereocenters. The van der Waals surface area contributed by atoms with E-state index in [1.165, 1.54) is 25.7 Å². The van der Waals surface area contributed by atoms with Gasteiger partial charge in [0, 0.05) is 19.1 Å². The average Bonchev–Trinajstić information content (AvgIpc) is 2.99. The molecule has 1 aliphatic carbocycles. The summed E-state index contributed by atoms with van der Waals surface area (Å²) in [6, 6.07) is 0. The SMILES string of the molecule is CC1CCCCC1CNCc1nc(C2CCOCC2)n[nH]1. The second-order valence-electron chi connectivity index (χ2n) is 6.68. The van der Waals surface area contributed by atoms with Crippen LogP contribution in [0.15, 0.2) is 0 Å². The lowest BCUT2D eigenvalue weighted by Gasteiger charge is -2.28. The quantitative estimate of drug-likeness (QED) is 0.875. The van der Waals surface area contributed by atoms with E-state index in [9.17, 15) is 0 Å². The van der Waals surface area contributed by atoms with Crippen molar-refractivity contribution in [3.63, 3.8) is 0 Å². The number of rotatable bonds is 5. The molecular weight excluding hydrogens is 264 g/mol. The van der Waals surface area contributed by atoms with Gasteiger partial charge < -0.3 is 10.1 Å². The third-order valence-corrected chi connectivity index (χ3v) is 5.12. The average molecular weight is 292 g/mol. The maximum atomic E-state index is 5.39. The third-order valence-electron chi connectivity index (χ3n) is 5.12. The molecule has 5 heteroatoms. The molecule has 118 valence electrons. The molecular formula is C16H28N4O. The number of ether oxygens (including phenoxy) is 1. The summed E-state index contributed by atoms with van der Waals surface area (Å²) in [5.74, 6) is 4.11. The summed E-state index contributed by atoms with van der Waals surface area (Å²) in [5.41, 5.74) is 0. The molecule has 2 aliphatic rings. The number of nitrogens with zero attached hydrogens (tertiary/aromatic N) is 2. The Morgan fingerprint density at radius 3 is 2.81 bits per heavy atom. The van der Waals surface area contributed by atoms with Crippen LogP contribution in [0.1, 0.15) is 63.0 Å². The summed E-state index contributed by atoms with van der Waals surface area (Å²) in [6.07, 6.45) is 7.66. The van der Waals surface area contributed by atoms with Crippen molar-refractivity contribution in [3.8, 4) is 0 Å². The number of nitrogens with one attached hydrogen (secondary N) is 2. The minimum Gasteiger partial charge on any atom is -0.381 e. The molecule has 21 heavy (non-hydrogen) atoms. The van der Waals surface area contributed by atoms with Gasteiger partial charge in [0.2, 0.25) is 0 Å². The van der Waals surface area contributed by atoms with Gasteiger partial charge in [-0.25, -0.2) is 4.98 Å². The summed E-state index contributed by atoms with van der Waals surface area (Å²) in [7, 11) is 0. The van der Waals surface area contributed by atoms with E-state index in [0.717, 1.165) is 62.6 Å². The van der Waals surface area contributed by atoms with Crippen molar-refractivity contribution in [1.29, 1.82) is 0 Å². The molecule has 2 N–H and O–H groups in total. The molecule has 1 saturated heterocycles. The standard InChI is InChI=1S/C16H28N4O/c1-12-4-2-3-5-14(12)10-17-11-15-18-16(20-19-15)13-6-8-21-9-7-13/h12-14,17H,2-11H2,1H3,(H,18,19,20). The van der Waals surface area contributed by atoms with E-state index in [4.69, 9.17) is 4.74 Å². The first-order chi connectivity index (χ1) is 10.3. The first-order valence-corrected chi connectivity index (χ1v) is 8.52. The Bertz CT molecular complexity index is 428. The Morgan fingerprint density at radius 2 is 2.00 bits per heavy atom. The smallest absolute Gasteiger partial charge is 0.154 e. The van der Waals surface area contributed by atoms with E-state index in [2.05, 4.69) is 27.4 Å². The molecule has 0 spiro atoms. The largest absolute Gasteiger partial charge is 0.381 e. The molecule has 5 nitrogen and oxygen atoms in total. The maximum absolute atomic E-state index is 5.39. The minimum absolute atomic E-state index is 0.474. The molecule has 0 radical (unpaired) electrons. The van der Waals surface area contributed by atoms with Gasteiger partial charge in [0.15, 0.2) is 5.82 Å². The predicted octanol–water partition coefficient (Wildman–Crippen LogP) is 2.61. The van der Waals surface area contributed by atoms with E-state index in [1.807, 2.05) is 0 Å². The molecule has 1 aromatic rings. The van der Waals surface area contributed by atoms with Gasteiger partial charge in [-0.1, -0.05) is 26.2 Å². The van der Waals surface area contributed by atoms with Crippen LogP contribution in [-0.2, 0) is 11.3 Å². The van der Waals surface area contributed by atoms with Gasteiger partial charge in [0.25, 0.3) is 0 Å². The first-order valence-electron chi connectivity index (χ1n) is 8.52. The summed E-state index contributed by atoms with van der Waals surface area (Å²) >= 11 is 0. The highest BCUT2D eigenvalue weighted by atomic mass is 16.5. The number of hydrogen-bond donors (Lipinski definition) is 2. The number of hydrogen-bond acceptors (Lipinski definition) is 4. The van der Waals surface area contributed by atoms with Crippen molar-refractivity contribution in [2.45, 2.75) is 57.9 Å². The highest BCUT2D eigenvalue weighted by molar-refractivity contribution is 4.98. The Morgan fingerprint density at radius 1 is 1.19 bits per heavy atom. The normalized spacial score (nSPS) is 27.9. The first kappa shape index (κ1) is 15.0. The van der Waals surface area contributed by atoms with Crippen LogP contribution in [-0.4, -0.2) is 34.9 Å². The fourth-order valence-corrected chi connectivity index (χ4v) is 3.60. The van der Waals surface area contributed by atoms with Crippen molar-refractivity contribution in [2.24, 2.45) is 11.8 Å². The minimum atomic E-state index is 0.474. The Balaban J connectivity index is 1.44. The van der Waals surface area contributed by atoms with Crippen LogP contribution in [0.2, 0.25) is 0 Å². The van der Waals surface area contributed by atoms with Gasteiger partial charge >= 0.3 is 0 Å². The lowest BCUT2D eigenvalue weighted by molar-refractivity contribution is 0.0836. The van der Waals surface area contributed by atoms with Crippen LogP contribution in [0.4, 0.5) is 0 Å². The Labute approximate surface area is 127 Å². The number of H-pyrrole nitrogens is 1. The zero-order valence-electron chi connectivity index (χ0n) is 13.1. The van der Waals surface area contributed by atoms with Crippen LogP contribution >= 0.6 is 0 Å². The lowest BCUT2D eigenvalue weighted by atomic mass is 9.80. The summed E-state index contributed by atoms with van der Waals surface area (Å²) in [6.45, 7) is 5.98. The maximum Gasteiger partial charge on any atom is 0.154 e. The topological polar surface area (TPSA) is 62.8 Å². The zero-order valence-corrected chi connectivity index (χ0v) is 13.1. The highest BCUT2D eigenvalue weighted by Gasteiger charge is 2.22. The van der Waals surface area contributed by atoms with Gasteiger partial charge in [-0.15, -0.1) is 0 Å². The van der Waals surface area contributed by atoms with E-state index in [0.29, 0.717) is 5.92 Å². The van der Waals surface area contributed by atoms with Gasteiger partial charge in [-0.05, 0) is 37.6 Å². The number of aromatic nitrogens is 3.